The van der Waals surface area contributed by atoms with E-state index in [4.69, 9.17) is 5.11 Å². The number of carbonyl (C=O) groups is 1. The molecule has 16 heavy (non-hydrogen) atoms. The zero-order valence-electron chi connectivity index (χ0n) is 9.06. The van der Waals surface area contributed by atoms with Crippen molar-refractivity contribution in [1.29, 1.82) is 0 Å². The number of hydrogen-bond donors (Lipinski definition) is 1. The first-order valence-electron chi connectivity index (χ1n) is 5.28. The van der Waals surface area contributed by atoms with Gasteiger partial charge in [0.15, 0.2) is 0 Å². The SMILES string of the molecule is CN1CCC(F)C1c1ccccc1C(=O)O. The third-order valence-electron chi connectivity index (χ3n) is 3.08. The van der Waals surface area contributed by atoms with Crippen LogP contribution in [0, 0.1) is 0 Å². The maximum absolute atomic E-state index is 13.7. The average Bonchev–Trinajstić information content (AvgIpc) is 2.58. The lowest BCUT2D eigenvalue weighted by Crippen LogP contribution is -2.23. The fraction of sp³-hybridized carbons (Fsp3) is 0.417. The van der Waals surface area contributed by atoms with Crippen LogP contribution in [0.3, 0.4) is 0 Å². The quantitative estimate of drug-likeness (QED) is 0.834. The molecular formula is C12H14FNO2. The number of halogens is 1. The highest BCUT2D eigenvalue weighted by Gasteiger charge is 2.35. The van der Waals surface area contributed by atoms with Crippen molar-refractivity contribution >= 4 is 5.97 Å². The second-order valence-electron chi connectivity index (χ2n) is 4.12. The van der Waals surface area contributed by atoms with E-state index in [9.17, 15) is 9.18 Å². The van der Waals surface area contributed by atoms with E-state index in [1.54, 1.807) is 18.2 Å². The van der Waals surface area contributed by atoms with Gasteiger partial charge in [-0.15, -0.1) is 0 Å². The molecule has 4 heteroatoms. The van der Waals surface area contributed by atoms with E-state index in [1.165, 1.54) is 6.07 Å². The van der Waals surface area contributed by atoms with Crippen LogP contribution < -0.4 is 0 Å². The van der Waals surface area contributed by atoms with Crippen LogP contribution in [0.25, 0.3) is 0 Å². The van der Waals surface area contributed by atoms with Crippen LogP contribution in [0.5, 0.6) is 0 Å². The largest absolute Gasteiger partial charge is 0.478 e. The van der Waals surface area contributed by atoms with Crippen molar-refractivity contribution in [3.63, 3.8) is 0 Å². The number of carboxylic acids is 1. The Morgan fingerprint density at radius 3 is 2.75 bits per heavy atom. The molecule has 3 nitrogen and oxygen atoms in total. The Morgan fingerprint density at radius 1 is 1.50 bits per heavy atom. The van der Waals surface area contributed by atoms with Crippen LogP contribution in [-0.2, 0) is 0 Å². The van der Waals surface area contributed by atoms with Gasteiger partial charge in [0.1, 0.15) is 6.17 Å². The van der Waals surface area contributed by atoms with E-state index in [1.807, 2.05) is 11.9 Å². The molecule has 1 aromatic rings. The third-order valence-corrected chi connectivity index (χ3v) is 3.08. The van der Waals surface area contributed by atoms with E-state index in [0.717, 1.165) is 0 Å². The number of rotatable bonds is 2. The van der Waals surface area contributed by atoms with Crippen LogP contribution in [0.4, 0.5) is 4.39 Å². The minimum atomic E-state index is -0.997. The number of nitrogens with zero attached hydrogens (tertiary/aromatic N) is 1. The van der Waals surface area contributed by atoms with Crippen molar-refractivity contribution in [2.75, 3.05) is 13.6 Å². The summed E-state index contributed by atoms with van der Waals surface area (Å²) in [5.41, 5.74) is 0.770. The third kappa shape index (κ3) is 1.80. The standard InChI is InChI=1S/C12H14FNO2/c1-14-7-6-10(13)11(14)8-4-2-3-5-9(8)12(15)16/h2-5,10-11H,6-7H2,1H3,(H,15,16). The van der Waals surface area contributed by atoms with Gasteiger partial charge >= 0.3 is 5.97 Å². The van der Waals surface area contributed by atoms with Crippen molar-refractivity contribution in [2.45, 2.75) is 18.6 Å². The molecule has 0 radical (unpaired) electrons. The summed E-state index contributed by atoms with van der Waals surface area (Å²) in [5, 5.41) is 9.06. The van der Waals surface area contributed by atoms with Crippen LogP contribution in [-0.4, -0.2) is 35.7 Å². The lowest BCUT2D eigenvalue weighted by atomic mass is 9.97. The highest BCUT2D eigenvalue weighted by Crippen LogP contribution is 2.34. The number of benzene rings is 1. The zero-order chi connectivity index (χ0) is 11.7. The van der Waals surface area contributed by atoms with Gasteiger partial charge in [0.05, 0.1) is 11.6 Å². The van der Waals surface area contributed by atoms with Crippen molar-refractivity contribution in [3.8, 4) is 0 Å². The molecule has 1 aliphatic rings. The molecule has 1 aromatic carbocycles. The summed E-state index contributed by atoms with van der Waals surface area (Å²) in [6.45, 7) is 0.666. The summed E-state index contributed by atoms with van der Waals surface area (Å²) in [6.07, 6.45) is -0.514. The highest BCUT2D eigenvalue weighted by molar-refractivity contribution is 5.89. The predicted octanol–water partition coefficient (Wildman–Crippen LogP) is 2.10. The van der Waals surface area contributed by atoms with E-state index in [-0.39, 0.29) is 5.56 Å². The summed E-state index contributed by atoms with van der Waals surface area (Å²) in [5.74, 6) is -0.997. The van der Waals surface area contributed by atoms with E-state index in [0.29, 0.717) is 18.5 Å². The molecule has 2 unspecified atom stereocenters. The van der Waals surface area contributed by atoms with Crippen LogP contribution in [0.15, 0.2) is 24.3 Å². The Balaban J connectivity index is 2.43. The Morgan fingerprint density at radius 2 is 2.19 bits per heavy atom. The minimum Gasteiger partial charge on any atom is -0.478 e. The highest BCUT2D eigenvalue weighted by atomic mass is 19.1. The van der Waals surface area contributed by atoms with Gasteiger partial charge in [0.2, 0.25) is 0 Å². The molecule has 2 rings (SSSR count). The van der Waals surface area contributed by atoms with Gasteiger partial charge in [-0.25, -0.2) is 9.18 Å². The maximum Gasteiger partial charge on any atom is 0.336 e. The van der Waals surface area contributed by atoms with Crippen LogP contribution in [0.2, 0.25) is 0 Å². The molecule has 0 aromatic heterocycles. The monoisotopic (exact) mass is 223 g/mol. The number of carboxylic acid groups (broad SMARTS) is 1. The minimum absolute atomic E-state index is 0.198. The Kier molecular flexibility index (Phi) is 2.92. The summed E-state index contributed by atoms with van der Waals surface area (Å²) in [7, 11) is 1.82. The second-order valence-corrected chi connectivity index (χ2v) is 4.12. The smallest absolute Gasteiger partial charge is 0.336 e. The van der Waals surface area contributed by atoms with Gasteiger partial charge in [0.25, 0.3) is 0 Å². The summed E-state index contributed by atoms with van der Waals surface area (Å²) < 4.78 is 13.7. The van der Waals surface area contributed by atoms with Crippen molar-refractivity contribution in [3.05, 3.63) is 35.4 Å². The molecule has 0 saturated carbocycles. The number of likely N-dealkylation sites (tertiary alicyclic amines) is 1. The molecule has 1 heterocycles. The number of alkyl halides is 1. The van der Waals surface area contributed by atoms with Gasteiger partial charge in [-0.05, 0) is 25.1 Å². The van der Waals surface area contributed by atoms with Crippen molar-refractivity contribution in [2.24, 2.45) is 0 Å². The molecule has 86 valence electrons. The summed E-state index contributed by atoms with van der Waals surface area (Å²) >= 11 is 0. The Bertz CT molecular complexity index is 398. The lowest BCUT2D eigenvalue weighted by molar-refractivity contribution is 0.0693. The van der Waals surface area contributed by atoms with Crippen molar-refractivity contribution < 1.29 is 14.3 Å². The second kappa shape index (κ2) is 4.22. The Hall–Kier alpha value is -1.42. The van der Waals surface area contributed by atoms with E-state index >= 15 is 0 Å². The van der Waals surface area contributed by atoms with Crippen LogP contribution >= 0.6 is 0 Å². The fourth-order valence-corrected chi connectivity index (χ4v) is 2.28. The molecule has 0 aliphatic carbocycles. The molecule has 1 saturated heterocycles. The lowest BCUT2D eigenvalue weighted by Gasteiger charge is -2.22. The molecule has 1 aliphatic heterocycles. The maximum atomic E-state index is 13.7. The van der Waals surface area contributed by atoms with Gasteiger partial charge < -0.3 is 5.11 Å². The normalized spacial score (nSPS) is 25.9. The zero-order valence-corrected chi connectivity index (χ0v) is 9.06. The van der Waals surface area contributed by atoms with Crippen molar-refractivity contribution in [1.82, 2.24) is 4.90 Å². The molecule has 0 amide bonds. The molecule has 1 N–H and O–H groups in total. The molecule has 0 spiro atoms. The first-order chi connectivity index (χ1) is 7.61. The van der Waals surface area contributed by atoms with E-state index in [2.05, 4.69) is 0 Å². The molecule has 1 fully saturated rings. The van der Waals surface area contributed by atoms with Gasteiger partial charge in [0, 0.05) is 6.54 Å². The van der Waals surface area contributed by atoms with Crippen LogP contribution in [0.1, 0.15) is 28.4 Å². The average molecular weight is 223 g/mol. The first kappa shape index (κ1) is 11.1. The topological polar surface area (TPSA) is 40.5 Å². The first-order valence-corrected chi connectivity index (χ1v) is 5.28. The molecule has 2 atom stereocenters. The van der Waals surface area contributed by atoms with Gasteiger partial charge in [-0.3, -0.25) is 4.90 Å². The number of hydrogen-bond acceptors (Lipinski definition) is 2. The molecule has 0 bridgehead atoms. The van der Waals surface area contributed by atoms with Gasteiger partial charge in [-0.1, -0.05) is 18.2 Å². The number of aromatic carboxylic acids is 1. The predicted molar refractivity (Wildman–Crippen MR) is 58.3 cm³/mol. The Labute approximate surface area is 93.5 Å². The van der Waals surface area contributed by atoms with E-state index < -0.39 is 18.2 Å². The molecular weight excluding hydrogens is 209 g/mol. The summed E-state index contributed by atoms with van der Waals surface area (Å²) in [4.78, 5) is 12.9. The summed E-state index contributed by atoms with van der Waals surface area (Å²) in [6, 6.07) is 6.21. The fourth-order valence-electron chi connectivity index (χ4n) is 2.28. The van der Waals surface area contributed by atoms with Gasteiger partial charge in [-0.2, -0.15) is 0 Å².